The Morgan fingerprint density at radius 2 is 2.45 bits per heavy atom. The number of aromatic nitrogens is 2. The number of nitrogens with zero attached hydrogens (tertiary/aromatic N) is 2. The Morgan fingerprint density at radius 3 is 2.91 bits per heavy atom. The van der Waals surface area contributed by atoms with Gasteiger partial charge in [0.1, 0.15) is 0 Å². The molecule has 1 aromatic rings. The largest absolute Gasteiger partial charge is 0.408 e. The summed E-state index contributed by atoms with van der Waals surface area (Å²) >= 11 is 1.95. The van der Waals surface area contributed by atoms with Gasteiger partial charge in [-0.05, 0) is 0 Å². The topological polar surface area (TPSA) is 68.0 Å². The monoisotopic (exact) mass is 267 g/mol. The molecule has 1 N–H and O–H groups in total. The van der Waals surface area contributed by atoms with Crippen molar-refractivity contribution in [1.29, 1.82) is 0 Å². The molecule has 0 bridgehead atoms. The van der Waals surface area contributed by atoms with Crippen LogP contribution in [0.1, 0.15) is 5.89 Å². The summed E-state index contributed by atoms with van der Waals surface area (Å²) in [5, 5.41) is 9.55. The average Bonchev–Trinajstić information content (AvgIpc) is 2.35. The van der Waals surface area contributed by atoms with Crippen LogP contribution in [0.5, 0.6) is 0 Å². The molecular formula is C5H6IN3O2. The van der Waals surface area contributed by atoms with Crippen LogP contribution in [0.25, 0.3) is 0 Å². The molecule has 1 amide bonds. The lowest BCUT2D eigenvalue weighted by Gasteiger charge is -1.92. The normalized spacial score (nSPS) is 9.64. The van der Waals surface area contributed by atoms with E-state index in [1.54, 1.807) is 6.92 Å². The Hall–Kier alpha value is -0.660. The van der Waals surface area contributed by atoms with Crippen molar-refractivity contribution >= 4 is 34.5 Å². The lowest BCUT2D eigenvalue weighted by molar-refractivity contribution is -0.113. The second-order valence-electron chi connectivity index (χ2n) is 1.81. The molecule has 0 aliphatic carbocycles. The van der Waals surface area contributed by atoms with Gasteiger partial charge in [-0.15, -0.1) is 5.10 Å². The quantitative estimate of drug-likeness (QED) is 0.634. The van der Waals surface area contributed by atoms with Crippen LogP contribution in [0.15, 0.2) is 4.42 Å². The van der Waals surface area contributed by atoms with Crippen LogP contribution in [0.3, 0.4) is 0 Å². The Bertz CT molecular complexity index is 260. The number of rotatable bonds is 2. The third-order valence-corrected chi connectivity index (χ3v) is 1.59. The molecule has 0 saturated carbocycles. The number of amides is 1. The van der Waals surface area contributed by atoms with Gasteiger partial charge in [0, 0.05) is 6.92 Å². The summed E-state index contributed by atoms with van der Waals surface area (Å²) < 4.78 is 5.27. The number of alkyl halides is 1. The van der Waals surface area contributed by atoms with Crippen molar-refractivity contribution in [2.75, 3.05) is 9.74 Å². The van der Waals surface area contributed by atoms with Crippen molar-refractivity contribution in [2.24, 2.45) is 0 Å². The van der Waals surface area contributed by atoms with Crippen molar-refractivity contribution in [1.82, 2.24) is 10.2 Å². The predicted molar refractivity (Wildman–Crippen MR) is 46.6 cm³/mol. The summed E-state index contributed by atoms with van der Waals surface area (Å²) in [6.45, 7) is 1.66. The van der Waals surface area contributed by atoms with E-state index in [-0.39, 0.29) is 11.9 Å². The zero-order valence-corrected chi connectivity index (χ0v) is 7.95. The number of anilines is 1. The maximum atomic E-state index is 10.7. The molecular weight excluding hydrogens is 261 g/mol. The Kier molecular flexibility index (Phi) is 2.80. The Morgan fingerprint density at radius 1 is 1.73 bits per heavy atom. The minimum absolute atomic E-state index is 0.144. The molecule has 0 spiro atoms. The molecule has 0 aliphatic rings. The average molecular weight is 267 g/mol. The first-order valence-corrected chi connectivity index (χ1v) is 4.41. The summed E-state index contributed by atoms with van der Waals surface area (Å²) in [5.41, 5.74) is 0. The van der Waals surface area contributed by atoms with Gasteiger partial charge in [-0.2, -0.15) is 0 Å². The minimum Gasteiger partial charge on any atom is -0.408 e. The van der Waals surface area contributed by atoms with Crippen LogP contribution < -0.4 is 5.32 Å². The summed E-state index contributed by atoms with van der Waals surface area (Å²) in [5.74, 6) is 0.294. The zero-order chi connectivity index (χ0) is 8.27. The fraction of sp³-hybridized carbons (Fsp3) is 0.400. The molecule has 0 saturated heterocycles. The fourth-order valence-electron chi connectivity index (χ4n) is 0.500. The van der Waals surface area contributed by atoms with E-state index in [0.717, 1.165) is 0 Å². The zero-order valence-electron chi connectivity index (χ0n) is 5.80. The van der Waals surface area contributed by atoms with Crippen molar-refractivity contribution < 1.29 is 9.21 Å². The molecule has 0 radical (unpaired) electrons. The third-order valence-electron chi connectivity index (χ3n) is 0.894. The van der Waals surface area contributed by atoms with E-state index in [1.807, 2.05) is 22.6 Å². The van der Waals surface area contributed by atoms with Crippen LogP contribution in [-0.4, -0.2) is 20.5 Å². The maximum Gasteiger partial charge on any atom is 0.322 e. The van der Waals surface area contributed by atoms with Gasteiger partial charge in [0.25, 0.3) is 0 Å². The van der Waals surface area contributed by atoms with Gasteiger partial charge in [-0.1, -0.05) is 27.7 Å². The predicted octanol–water partition coefficient (Wildman–Crippen LogP) is 0.752. The number of aryl methyl sites for hydroxylation is 1. The first-order chi connectivity index (χ1) is 5.22. The maximum absolute atomic E-state index is 10.7. The second kappa shape index (κ2) is 3.65. The van der Waals surface area contributed by atoms with Crippen molar-refractivity contribution in [3.8, 4) is 0 Å². The highest BCUT2D eigenvalue weighted by Crippen LogP contribution is 2.03. The van der Waals surface area contributed by atoms with E-state index in [1.165, 1.54) is 0 Å². The first kappa shape index (κ1) is 8.44. The molecule has 0 fully saturated rings. The number of hydrogen-bond acceptors (Lipinski definition) is 4. The van der Waals surface area contributed by atoms with Crippen LogP contribution >= 0.6 is 22.6 Å². The Balaban J connectivity index is 2.57. The highest BCUT2D eigenvalue weighted by Gasteiger charge is 2.04. The SMILES string of the molecule is Cc1nnc(NC(=O)CI)o1. The van der Waals surface area contributed by atoms with Crippen molar-refractivity contribution in [3.05, 3.63) is 5.89 Å². The van der Waals surface area contributed by atoms with Crippen LogP contribution in [0.2, 0.25) is 0 Å². The molecule has 0 unspecified atom stereocenters. The summed E-state index contributed by atoms with van der Waals surface area (Å²) in [7, 11) is 0. The van der Waals surface area contributed by atoms with Gasteiger partial charge >= 0.3 is 6.01 Å². The van der Waals surface area contributed by atoms with E-state index < -0.39 is 0 Å². The molecule has 11 heavy (non-hydrogen) atoms. The van der Waals surface area contributed by atoms with Gasteiger partial charge in [0.15, 0.2) is 0 Å². The van der Waals surface area contributed by atoms with Gasteiger partial charge in [-0.25, -0.2) is 0 Å². The van der Waals surface area contributed by atoms with Crippen LogP contribution in [0, 0.1) is 6.92 Å². The molecule has 0 aromatic carbocycles. The lowest BCUT2D eigenvalue weighted by Crippen LogP contribution is -2.12. The standard InChI is InChI=1S/C5H6IN3O2/c1-3-8-9-5(11-3)7-4(10)2-6/h2H2,1H3,(H,7,9,10). The van der Waals surface area contributed by atoms with Gasteiger partial charge in [-0.3, -0.25) is 10.1 Å². The minimum atomic E-state index is -0.144. The highest BCUT2D eigenvalue weighted by atomic mass is 127. The van der Waals surface area contributed by atoms with Gasteiger partial charge < -0.3 is 4.42 Å². The summed E-state index contributed by atoms with van der Waals surface area (Å²) in [6, 6.07) is 0.157. The van der Waals surface area contributed by atoms with Crippen LogP contribution in [-0.2, 0) is 4.79 Å². The van der Waals surface area contributed by atoms with Gasteiger partial charge in [0.2, 0.25) is 11.8 Å². The molecule has 6 heteroatoms. The number of nitrogens with one attached hydrogen (secondary N) is 1. The molecule has 1 rings (SSSR count). The van der Waals surface area contributed by atoms with Crippen LogP contribution in [0.4, 0.5) is 6.01 Å². The first-order valence-electron chi connectivity index (χ1n) is 2.88. The Labute approximate surface area is 76.7 Å². The molecule has 1 heterocycles. The number of halogens is 1. The van der Waals surface area contributed by atoms with E-state index in [4.69, 9.17) is 4.42 Å². The fourth-order valence-corrected chi connectivity index (χ4v) is 0.690. The summed E-state index contributed by atoms with van der Waals surface area (Å²) in [4.78, 5) is 10.7. The highest BCUT2D eigenvalue weighted by molar-refractivity contribution is 14.1. The number of carbonyl (C=O) groups excluding carboxylic acids is 1. The van der Waals surface area contributed by atoms with Gasteiger partial charge in [0.05, 0.1) is 4.43 Å². The molecule has 0 aliphatic heterocycles. The van der Waals surface area contributed by atoms with E-state index in [0.29, 0.717) is 10.3 Å². The summed E-state index contributed by atoms with van der Waals surface area (Å²) in [6.07, 6.45) is 0. The number of hydrogen-bond donors (Lipinski definition) is 1. The molecule has 5 nitrogen and oxygen atoms in total. The third kappa shape index (κ3) is 2.45. The molecule has 60 valence electrons. The molecule has 1 aromatic heterocycles. The second-order valence-corrected chi connectivity index (χ2v) is 2.57. The van der Waals surface area contributed by atoms with E-state index in [2.05, 4.69) is 15.5 Å². The molecule has 0 atom stereocenters. The van der Waals surface area contributed by atoms with Crippen molar-refractivity contribution in [3.63, 3.8) is 0 Å². The smallest absolute Gasteiger partial charge is 0.322 e. The van der Waals surface area contributed by atoms with Crippen molar-refractivity contribution in [2.45, 2.75) is 6.92 Å². The van der Waals surface area contributed by atoms with E-state index >= 15 is 0 Å². The van der Waals surface area contributed by atoms with E-state index in [9.17, 15) is 4.79 Å². The lowest BCUT2D eigenvalue weighted by atomic mass is 10.7. The number of carbonyl (C=O) groups is 1.